The van der Waals surface area contributed by atoms with Crippen molar-refractivity contribution in [3.05, 3.63) is 42.5 Å². The second-order valence-electron chi connectivity index (χ2n) is 5.10. The van der Waals surface area contributed by atoms with E-state index in [4.69, 9.17) is 4.74 Å². The highest BCUT2D eigenvalue weighted by Gasteiger charge is 2.23. The Morgan fingerprint density at radius 2 is 2.32 bits per heavy atom. The molecule has 2 rings (SSSR count). The third-order valence-corrected chi connectivity index (χ3v) is 4.76. The van der Waals surface area contributed by atoms with Crippen LogP contribution in [0.3, 0.4) is 0 Å². The van der Waals surface area contributed by atoms with Gasteiger partial charge in [-0.1, -0.05) is 12.1 Å². The van der Waals surface area contributed by atoms with E-state index in [-0.39, 0.29) is 23.5 Å². The number of sulfonamides is 1. The van der Waals surface area contributed by atoms with Crippen molar-refractivity contribution in [1.29, 1.82) is 0 Å². The van der Waals surface area contributed by atoms with Crippen molar-refractivity contribution in [3.8, 4) is 0 Å². The summed E-state index contributed by atoms with van der Waals surface area (Å²) in [6, 6.07) is 6.05. The molecular weight excluding hydrogens is 304 g/mol. The summed E-state index contributed by atoms with van der Waals surface area (Å²) in [6.07, 6.45) is 1.45. The lowest BCUT2D eigenvalue weighted by atomic mass is 10.2. The van der Waals surface area contributed by atoms with Gasteiger partial charge >= 0.3 is 0 Å². The molecule has 0 spiro atoms. The number of amides is 1. The molecule has 7 heteroatoms. The summed E-state index contributed by atoms with van der Waals surface area (Å²) in [4.78, 5) is 14.2. The molecule has 1 saturated heterocycles. The van der Waals surface area contributed by atoms with Crippen molar-refractivity contribution in [3.63, 3.8) is 0 Å². The van der Waals surface area contributed by atoms with Crippen molar-refractivity contribution in [2.75, 3.05) is 26.2 Å². The Kier molecular flexibility index (Phi) is 5.33. The number of carbonyl (C=O) groups is 1. The third kappa shape index (κ3) is 3.94. The van der Waals surface area contributed by atoms with Crippen LogP contribution in [0.15, 0.2) is 41.8 Å². The minimum Gasteiger partial charge on any atom is -0.375 e. The van der Waals surface area contributed by atoms with Gasteiger partial charge in [0.05, 0.1) is 17.6 Å². The van der Waals surface area contributed by atoms with E-state index < -0.39 is 10.0 Å². The van der Waals surface area contributed by atoms with E-state index >= 15 is 0 Å². The number of benzene rings is 1. The fourth-order valence-electron chi connectivity index (χ4n) is 2.23. The highest BCUT2D eigenvalue weighted by molar-refractivity contribution is 7.89. The Morgan fingerprint density at radius 3 is 3.00 bits per heavy atom. The molecule has 1 aromatic carbocycles. The standard InChI is InChI=1S/C15H20N2O4S/c1-3-7-16-22(19,20)14-6-4-5-13(10-14)15(18)17-8-9-21-12(2)11-17/h3-6,10,12,16H,1,7-9,11H2,2H3. The Balaban J connectivity index is 2.20. The lowest BCUT2D eigenvalue weighted by Crippen LogP contribution is -2.44. The average molecular weight is 324 g/mol. The van der Waals surface area contributed by atoms with Gasteiger partial charge in [0.1, 0.15) is 0 Å². The van der Waals surface area contributed by atoms with Gasteiger partial charge < -0.3 is 9.64 Å². The zero-order valence-corrected chi connectivity index (χ0v) is 13.3. The highest BCUT2D eigenvalue weighted by atomic mass is 32.2. The second kappa shape index (κ2) is 7.04. The third-order valence-electron chi connectivity index (χ3n) is 3.34. The molecule has 1 fully saturated rings. The van der Waals surface area contributed by atoms with Crippen LogP contribution < -0.4 is 4.72 Å². The fraction of sp³-hybridized carbons (Fsp3) is 0.400. The Morgan fingerprint density at radius 1 is 1.55 bits per heavy atom. The van der Waals surface area contributed by atoms with Crippen LogP contribution in [-0.2, 0) is 14.8 Å². The number of rotatable bonds is 5. The van der Waals surface area contributed by atoms with Gasteiger partial charge in [-0.25, -0.2) is 13.1 Å². The topological polar surface area (TPSA) is 75.7 Å². The molecule has 22 heavy (non-hydrogen) atoms. The predicted octanol–water partition coefficient (Wildman–Crippen LogP) is 1.01. The molecule has 1 N–H and O–H groups in total. The van der Waals surface area contributed by atoms with Crippen molar-refractivity contribution in [2.24, 2.45) is 0 Å². The van der Waals surface area contributed by atoms with Crippen molar-refractivity contribution >= 4 is 15.9 Å². The molecule has 1 unspecified atom stereocenters. The maximum atomic E-state index is 12.5. The molecule has 1 atom stereocenters. The molecule has 120 valence electrons. The number of ether oxygens (including phenoxy) is 1. The van der Waals surface area contributed by atoms with Gasteiger partial charge in [-0.15, -0.1) is 6.58 Å². The quantitative estimate of drug-likeness (QED) is 0.820. The molecule has 1 amide bonds. The zero-order valence-electron chi connectivity index (χ0n) is 12.5. The van der Waals surface area contributed by atoms with Crippen LogP contribution in [0, 0.1) is 0 Å². The molecule has 1 aliphatic heterocycles. The fourth-order valence-corrected chi connectivity index (χ4v) is 3.28. The van der Waals surface area contributed by atoms with Gasteiger partial charge in [0.2, 0.25) is 10.0 Å². The number of hydrogen-bond donors (Lipinski definition) is 1. The summed E-state index contributed by atoms with van der Waals surface area (Å²) >= 11 is 0. The first-order chi connectivity index (χ1) is 10.4. The molecule has 1 aromatic rings. The first-order valence-corrected chi connectivity index (χ1v) is 8.54. The van der Waals surface area contributed by atoms with Crippen LogP contribution in [0.1, 0.15) is 17.3 Å². The molecular formula is C15H20N2O4S. The van der Waals surface area contributed by atoms with E-state index in [0.717, 1.165) is 0 Å². The van der Waals surface area contributed by atoms with Crippen LogP contribution in [-0.4, -0.2) is 51.6 Å². The summed E-state index contributed by atoms with van der Waals surface area (Å²) in [5, 5.41) is 0. The second-order valence-corrected chi connectivity index (χ2v) is 6.87. The van der Waals surface area contributed by atoms with Gasteiger partial charge in [0.15, 0.2) is 0 Å². The minimum atomic E-state index is -3.64. The van der Waals surface area contributed by atoms with Gasteiger partial charge in [-0.3, -0.25) is 4.79 Å². The molecule has 1 aliphatic rings. The summed E-state index contributed by atoms with van der Waals surface area (Å²) in [6.45, 7) is 7.02. The molecule has 6 nitrogen and oxygen atoms in total. The normalized spacial score (nSPS) is 19.0. The molecule has 0 aliphatic carbocycles. The number of morpholine rings is 1. The Bertz CT molecular complexity index is 657. The lowest BCUT2D eigenvalue weighted by molar-refractivity contribution is -0.0124. The van der Waals surface area contributed by atoms with Crippen LogP contribution in [0.5, 0.6) is 0 Å². The highest BCUT2D eigenvalue weighted by Crippen LogP contribution is 2.15. The van der Waals surface area contributed by atoms with Crippen LogP contribution in [0.25, 0.3) is 0 Å². The van der Waals surface area contributed by atoms with Gasteiger partial charge in [-0.05, 0) is 25.1 Å². The lowest BCUT2D eigenvalue weighted by Gasteiger charge is -2.31. The number of nitrogens with zero attached hydrogens (tertiary/aromatic N) is 1. The van der Waals surface area contributed by atoms with Crippen molar-refractivity contribution in [2.45, 2.75) is 17.9 Å². The van der Waals surface area contributed by atoms with Gasteiger partial charge in [0, 0.05) is 25.2 Å². The van der Waals surface area contributed by atoms with E-state index in [1.54, 1.807) is 17.0 Å². The monoisotopic (exact) mass is 324 g/mol. The SMILES string of the molecule is C=CCNS(=O)(=O)c1cccc(C(=O)N2CCOC(C)C2)c1. The van der Waals surface area contributed by atoms with E-state index in [1.807, 2.05) is 6.92 Å². The van der Waals surface area contributed by atoms with Crippen molar-refractivity contribution < 1.29 is 17.9 Å². The summed E-state index contributed by atoms with van der Waals surface area (Å²) in [5.74, 6) is -0.184. The van der Waals surface area contributed by atoms with Crippen LogP contribution in [0.2, 0.25) is 0 Å². The smallest absolute Gasteiger partial charge is 0.254 e. The van der Waals surface area contributed by atoms with E-state index in [9.17, 15) is 13.2 Å². The maximum Gasteiger partial charge on any atom is 0.254 e. The minimum absolute atomic E-state index is 0.0149. The van der Waals surface area contributed by atoms with Crippen LogP contribution >= 0.6 is 0 Å². The zero-order chi connectivity index (χ0) is 16.2. The first-order valence-electron chi connectivity index (χ1n) is 7.05. The first kappa shape index (κ1) is 16.7. The van der Waals surface area contributed by atoms with Crippen molar-refractivity contribution in [1.82, 2.24) is 9.62 Å². The molecule has 0 radical (unpaired) electrons. The van der Waals surface area contributed by atoms with Crippen LogP contribution in [0.4, 0.5) is 0 Å². The summed E-state index contributed by atoms with van der Waals surface area (Å²) in [5.41, 5.74) is 0.357. The number of carbonyl (C=O) groups excluding carboxylic acids is 1. The molecule has 1 heterocycles. The largest absolute Gasteiger partial charge is 0.375 e. The predicted molar refractivity (Wildman–Crippen MR) is 83.1 cm³/mol. The van der Waals surface area contributed by atoms with E-state index in [2.05, 4.69) is 11.3 Å². The van der Waals surface area contributed by atoms with Gasteiger partial charge in [-0.2, -0.15) is 0 Å². The van der Waals surface area contributed by atoms with E-state index in [1.165, 1.54) is 18.2 Å². The molecule has 0 aromatic heterocycles. The number of nitrogens with one attached hydrogen (secondary N) is 1. The molecule has 0 saturated carbocycles. The Hall–Kier alpha value is -1.70. The van der Waals surface area contributed by atoms with E-state index in [0.29, 0.717) is 25.3 Å². The average Bonchev–Trinajstić information content (AvgIpc) is 2.52. The maximum absolute atomic E-state index is 12.5. The summed E-state index contributed by atoms with van der Waals surface area (Å²) < 4.78 is 32.0. The van der Waals surface area contributed by atoms with Gasteiger partial charge in [0.25, 0.3) is 5.91 Å². The summed E-state index contributed by atoms with van der Waals surface area (Å²) in [7, 11) is -3.64. The Labute approximate surface area is 130 Å². The number of hydrogen-bond acceptors (Lipinski definition) is 4. The molecule has 0 bridgehead atoms.